The van der Waals surface area contributed by atoms with Gasteiger partial charge in [-0.1, -0.05) is 30.3 Å². The fourth-order valence-electron chi connectivity index (χ4n) is 2.74. The lowest BCUT2D eigenvalue weighted by Crippen LogP contribution is -2.34. The largest absolute Gasteiger partial charge is 0.320 e. The van der Waals surface area contributed by atoms with Crippen LogP contribution in [0.25, 0.3) is 0 Å². The van der Waals surface area contributed by atoms with Gasteiger partial charge < -0.3 is 5.32 Å². The maximum absolute atomic E-state index is 12.2. The highest BCUT2D eigenvalue weighted by atomic mass is 16.1. The van der Waals surface area contributed by atoms with Crippen LogP contribution in [0.5, 0.6) is 0 Å². The standard InChI is InChI=1S/C14H19NO/c1-15-11-10-14(9-5-8-13(14)16)12-6-3-2-4-7-12/h2-4,6-7,15H,5,8-11H2,1H3. The van der Waals surface area contributed by atoms with Crippen LogP contribution >= 0.6 is 0 Å². The topological polar surface area (TPSA) is 29.1 Å². The molecule has 0 amide bonds. The van der Waals surface area contributed by atoms with Gasteiger partial charge in [-0.2, -0.15) is 0 Å². The number of Topliss-reactive ketones (excluding diaryl/α,β-unsaturated/α-hetero) is 1. The van der Waals surface area contributed by atoms with Gasteiger partial charge in [0.2, 0.25) is 0 Å². The van der Waals surface area contributed by atoms with Crippen LogP contribution < -0.4 is 5.32 Å². The lowest BCUT2D eigenvalue weighted by Gasteiger charge is -2.28. The molecule has 0 spiro atoms. The molecule has 1 atom stereocenters. The van der Waals surface area contributed by atoms with E-state index >= 15 is 0 Å². The van der Waals surface area contributed by atoms with Crippen LogP contribution in [0, 0.1) is 0 Å². The quantitative estimate of drug-likeness (QED) is 0.838. The minimum atomic E-state index is -0.204. The number of carbonyl (C=O) groups excluding carboxylic acids is 1. The number of hydrogen-bond acceptors (Lipinski definition) is 2. The first-order valence-electron chi connectivity index (χ1n) is 6.03. The average Bonchev–Trinajstić information content (AvgIpc) is 2.70. The smallest absolute Gasteiger partial charge is 0.143 e. The Morgan fingerprint density at radius 3 is 2.62 bits per heavy atom. The normalized spacial score (nSPS) is 24.9. The Morgan fingerprint density at radius 1 is 1.31 bits per heavy atom. The number of hydrogen-bond donors (Lipinski definition) is 1. The average molecular weight is 217 g/mol. The summed E-state index contributed by atoms with van der Waals surface area (Å²) in [4.78, 5) is 12.2. The fraction of sp³-hybridized carbons (Fsp3) is 0.500. The molecule has 0 heterocycles. The van der Waals surface area contributed by atoms with Gasteiger partial charge in [0.05, 0.1) is 5.41 Å². The lowest BCUT2D eigenvalue weighted by atomic mass is 9.75. The summed E-state index contributed by atoms with van der Waals surface area (Å²) in [6.45, 7) is 0.903. The molecule has 1 N–H and O–H groups in total. The van der Waals surface area contributed by atoms with Crippen LogP contribution in [0.15, 0.2) is 30.3 Å². The molecule has 0 bridgehead atoms. The van der Waals surface area contributed by atoms with Crippen molar-refractivity contribution in [2.75, 3.05) is 13.6 Å². The Labute approximate surface area is 97.1 Å². The van der Waals surface area contributed by atoms with E-state index in [9.17, 15) is 4.79 Å². The van der Waals surface area contributed by atoms with Crippen LogP contribution in [0.3, 0.4) is 0 Å². The second-order valence-corrected chi connectivity index (χ2v) is 4.58. The van der Waals surface area contributed by atoms with E-state index in [-0.39, 0.29) is 5.41 Å². The van der Waals surface area contributed by atoms with Crippen LogP contribution in [0.1, 0.15) is 31.2 Å². The van der Waals surface area contributed by atoms with E-state index in [1.807, 2.05) is 25.2 Å². The highest BCUT2D eigenvalue weighted by Crippen LogP contribution is 2.40. The Bertz CT molecular complexity index is 360. The molecule has 0 aliphatic heterocycles. The summed E-state index contributed by atoms with van der Waals surface area (Å²) in [6.07, 6.45) is 3.72. The number of nitrogens with one attached hydrogen (secondary N) is 1. The van der Waals surface area contributed by atoms with Crippen molar-refractivity contribution in [3.05, 3.63) is 35.9 Å². The minimum absolute atomic E-state index is 0.204. The third-order valence-corrected chi connectivity index (χ3v) is 3.67. The van der Waals surface area contributed by atoms with Gasteiger partial charge >= 0.3 is 0 Å². The summed E-state index contributed by atoms with van der Waals surface area (Å²) in [6, 6.07) is 10.3. The first-order chi connectivity index (χ1) is 7.79. The second-order valence-electron chi connectivity index (χ2n) is 4.58. The fourth-order valence-corrected chi connectivity index (χ4v) is 2.74. The Kier molecular flexibility index (Phi) is 3.39. The Morgan fingerprint density at radius 2 is 2.06 bits per heavy atom. The number of rotatable bonds is 4. The van der Waals surface area contributed by atoms with Crippen molar-refractivity contribution in [1.29, 1.82) is 0 Å². The predicted octanol–water partition coefficient (Wildman–Crippen LogP) is 2.29. The van der Waals surface area contributed by atoms with Crippen molar-refractivity contribution in [3.63, 3.8) is 0 Å². The van der Waals surface area contributed by atoms with Crippen molar-refractivity contribution in [3.8, 4) is 0 Å². The van der Waals surface area contributed by atoms with E-state index < -0.39 is 0 Å². The minimum Gasteiger partial charge on any atom is -0.320 e. The van der Waals surface area contributed by atoms with Crippen LogP contribution in [-0.2, 0) is 10.2 Å². The number of ketones is 1. The van der Waals surface area contributed by atoms with E-state index in [0.29, 0.717) is 5.78 Å². The van der Waals surface area contributed by atoms with E-state index in [0.717, 1.165) is 32.2 Å². The summed E-state index contributed by atoms with van der Waals surface area (Å²) < 4.78 is 0. The van der Waals surface area contributed by atoms with Gasteiger partial charge in [-0.05, 0) is 38.4 Å². The molecule has 0 radical (unpaired) electrons. The Hall–Kier alpha value is -1.15. The van der Waals surface area contributed by atoms with Gasteiger partial charge in [0.15, 0.2) is 0 Å². The van der Waals surface area contributed by atoms with E-state index in [1.54, 1.807) is 0 Å². The zero-order valence-corrected chi connectivity index (χ0v) is 9.83. The first-order valence-corrected chi connectivity index (χ1v) is 6.03. The third-order valence-electron chi connectivity index (χ3n) is 3.67. The van der Waals surface area contributed by atoms with Crippen molar-refractivity contribution < 1.29 is 4.79 Å². The monoisotopic (exact) mass is 217 g/mol. The molecule has 1 aromatic rings. The molecule has 1 fully saturated rings. The van der Waals surface area contributed by atoms with Crippen LogP contribution in [-0.4, -0.2) is 19.4 Å². The van der Waals surface area contributed by atoms with E-state index in [2.05, 4.69) is 17.4 Å². The molecule has 2 nitrogen and oxygen atoms in total. The van der Waals surface area contributed by atoms with Gasteiger partial charge in [0.25, 0.3) is 0 Å². The van der Waals surface area contributed by atoms with Gasteiger partial charge in [-0.25, -0.2) is 0 Å². The molecule has 1 unspecified atom stereocenters. The zero-order chi connectivity index (χ0) is 11.4. The molecular formula is C14H19NO. The van der Waals surface area contributed by atoms with Gasteiger partial charge in [0, 0.05) is 6.42 Å². The maximum Gasteiger partial charge on any atom is 0.143 e. The van der Waals surface area contributed by atoms with Crippen LogP contribution in [0.4, 0.5) is 0 Å². The molecule has 1 aliphatic carbocycles. The van der Waals surface area contributed by atoms with Crippen LogP contribution in [0.2, 0.25) is 0 Å². The molecule has 1 aromatic carbocycles. The summed E-state index contributed by atoms with van der Waals surface area (Å²) in [5, 5.41) is 3.16. The van der Waals surface area contributed by atoms with E-state index in [1.165, 1.54) is 5.56 Å². The van der Waals surface area contributed by atoms with Gasteiger partial charge in [-0.3, -0.25) is 4.79 Å². The summed E-state index contributed by atoms with van der Waals surface area (Å²) >= 11 is 0. The first kappa shape index (κ1) is 11.3. The molecule has 1 aliphatic rings. The molecule has 0 saturated heterocycles. The van der Waals surface area contributed by atoms with Gasteiger partial charge in [-0.15, -0.1) is 0 Å². The molecule has 86 valence electrons. The van der Waals surface area contributed by atoms with Crippen molar-refractivity contribution in [2.24, 2.45) is 0 Å². The van der Waals surface area contributed by atoms with Crippen molar-refractivity contribution in [1.82, 2.24) is 5.32 Å². The predicted molar refractivity (Wildman–Crippen MR) is 65.5 cm³/mol. The summed E-state index contributed by atoms with van der Waals surface area (Å²) in [7, 11) is 1.94. The SMILES string of the molecule is CNCCC1(c2ccccc2)CCCC1=O. The molecule has 2 heteroatoms. The third kappa shape index (κ3) is 1.90. The van der Waals surface area contributed by atoms with Gasteiger partial charge in [0.1, 0.15) is 5.78 Å². The lowest BCUT2D eigenvalue weighted by molar-refractivity contribution is -0.122. The number of carbonyl (C=O) groups is 1. The summed E-state index contributed by atoms with van der Waals surface area (Å²) in [5.41, 5.74) is 0.998. The maximum atomic E-state index is 12.2. The van der Waals surface area contributed by atoms with Crippen molar-refractivity contribution >= 4 is 5.78 Å². The van der Waals surface area contributed by atoms with E-state index in [4.69, 9.17) is 0 Å². The summed E-state index contributed by atoms with van der Waals surface area (Å²) in [5.74, 6) is 0.425. The highest BCUT2D eigenvalue weighted by Gasteiger charge is 2.42. The Balaban J connectivity index is 2.31. The highest BCUT2D eigenvalue weighted by molar-refractivity contribution is 5.92. The molecule has 1 saturated carbocycles. The van der Waals surface area contributed by atoms with Crippen molar-refractivity contribution in [2.45, 2.75) is 31.1 Å². The molecule has 0 aromatic heterocycles. The second kappa shape index (κ2) is 4.79. The molecular weight excluding hydrogens is 198 g/mol. The molecule has 2 rings (SSSR count). The number of benzene rings is 1. The zero-order valence-electron chi connectivity index (χ0n) is 9.83. The molecule has 16 heavy (non-hydrogen) atoms.